The number of ether oxygens (including phenoxy) is 1. The zero-order chi connectivity index (χ0) is 19.4. The fourth-order valence-corrected chi connectivity index (χ4v) is 4.16. The molecule has 0 amide bonds. The van der Waals surface area contributed by atoms with Crippen LogP contribution in [-0.2, 0) is 18.9 Å². The minimum Gasteiger partial charge on any atom is -0.486 e. The molecule has 1 aromatic heterocycles. The van der Waals surface area contributed by atoms with Gasteiger partial charge < -0.3 is 9.30 Å². The molecule has 3 rings (SSSR count). The highest BCUT2D eigenvalue weighted by molar-refractivity contribution is 7.98. The van der Waals surface area contributed by atoms with Crippen LogP contribution in [-0.4, -0.2) is 14.8 Å². The van der Waals surface area contributed by atoms with Crippen molar-refractivity contribution in [1.29, 1.82) is 0 Å². The van der Waals surface area contributed by atoms with Gasteiger partial charge in [0.25, 0.3) is 0 Å². The zero-order valence-corrected chi connectivity index (χ0v) is 17.8. The highest BCUT2D eigenvalue weighted by Crippen LogP contribution is 2.28. The molecule has 3 aromatic rings. The van der Waals surface area contributed by atoms with Crippen molar-refractivity contribution < 1.29 is 4.74 Å². The van der Waals surface area contributed by atoms with E-state index in [0.29, 0.717) is 6.61 Å². The smallest absolute Gasteiger partial charge is 0.191 e. The van der Waals surface area contributed by atoms with Gasteiger partial charge in [-0.2, -0.15) is 0 Å². The van der Waals surface area contributed by atoms with E-state index in [2.05, 4.69) is 21.7 Å². The molecule has 0 radical (unpaired) electrons. The molecule has 0 spiro atoms. The number of benzene rings is 2. The molecule has 0 N–H and O–H groups in total. The number of halogens is 2. The predicted octanol–water partition coefficient (Wildman–Crippen LogP) is 6.09. The molecule has 0 unspecified atom stereocenters. The van der Waals surface area contributed by atoms with Crippen LogP contribution in [0.5, 0.6) is 5.75 Å². The maximum Gasteiger partial charge on any atom is 0.191 e. The van der Waals surface area contributed by atoms with E-state index in [1.807, 2.05) is 50.2 Å². The van der Waals surface area contributed by atoms with E-state index in [0.717, 1.165) is 55.8 Å². The topological polar surface area (TPSA) is 39.9 Å². The van der Waals surface area contributed by atoms with Gasteiger partial charge in [-0.05, 0) is 55.7 Å². The molecular formula is C20H21Cl2N3OS. The fourth-order valence-electron chi connectivity index (χ4n) is 2.75. The molecule has 0 aliphatic carbocycles. The largest absolute Gasteiger partial charge is 0.486 e. The molecule has 0 saturated carbocycles. The van der Waals surface area contributed by atoms with Crippen LogP contribution in [0.4, 0.5) is 0 Å². The quantitative estimate of drug-likeness (QED) is 0.432. The average Bonchev–Trinajstić information content (AvgIpc) is 3.05. The Morgan fingerprint density at radius 1 is 1.07 bits per heavy atom. The standard InChI is InChI=1S/C20H21Cl2N3OS/c1-4-25-18(11-26-16-9-13(2)19(22)14(3)10-16)23-24-20(25)27-12-15-7-5-6-8-17(15)21/h5-10H,4,11-12H2,1-3H3. The maximum absolute atomic E-state index is 6.24. The third-order valence-electron chi connectivity index (χ3n) is 4.20. The summed E-state index contributed by atoms with van der Waals surface area (Å²) < 4.78 is 8.00. The Bertz CT molecular complexity index is 920. The Hall–Kier alpha value is -1.69. The summed E-state index contributed by atoms with van der Waals surface area (Å²) in [5.41, 5.74) is 3.08. The molecule has 0 fully saturated rings. The SMILES string of the molecule is CCn1c(COc2cc(C)c(Cl)c(C)c2)nnc1SCc1ccccc1Cl. The van der Waals surface area contributed by atoms with Crippen LogP contribution >= 0.6 is 35.0 Å². The first kappa shape index (κ1) is 20.1. The normalized spacial score (nSPS) is 11.0. The number of hydrogen-bond acceptors (Lipinski definition) is 4. The van der Waals surface area contributed by atoms with Crippen LogP contribution in [0.2, 0.25) is 10.0 Å². The summed E-state index contributed by atoms with van der Waals surface area (Å²) in [5.74, 6) is 2.32. The molecule has 142 valence electrons. The monoisotopic (exact) mass is 421 g/mol. The second-order valence-electron chi connectivity index (χ2n) is 6.18. The molecule has 27 heavy (non-hydrogen) atoms. The van der Waals surface area contributed by atoms with E-state index in [1.165, 1.54) is 0 Å². The van der Waals surface area contributed by atoms with E-state index in [1.54, 1.807) is 11.8 Å². The van der Waals surface area contributed by atoms with Gasteiger partial charge in [0.05, 0.1) is 0 Å². The minimum atomic E-state index is 0.355. The van der Waals surface area contributed by atoms with Crippen molar-refractivity contribution in [1.82, 2.24) is 14.8 Å². The van der Waals surface area contributed by atoms with Crippen molar-refractivity contribution in [2.24, 2.45) is 0 Å². The van der Waals surface area contributed by atoms with E-state index in [-0.39, 0.29) is 0 Å². The molecular weight excluding hydrogens is 401 g/mol. The summed E-state index contributed by atoms with van der Waals surface area (Å²) in [6.07, 6.45) is 0. The first-order valence-electron chi connectivity index (χ1n) is 8.67. The third-order valence-corrected chi connectivity index (χ3v) is 6.18. The molecule has 1 heterocycles. The average molecular weight is 422 g/mol. The molecule has 4 nitrogen and oxygen atoms in total. The summed E-state index contributed by atoms with van der Waals surface area (Å²) >= 11 is 14.1. The van der Waals surface area contributed by atoms with Crippen molar-refractivity contribution in [3.63, 3.8) is 0 Å². The lowest BCUT2D eigenvalue weighted by Crippen LogP contribution is -2.07. The van der Waals surface area contributed by atoms with Gasteiger partial charge in [-0.25, -0.2) is 0 Å². The van der Waals surface area contributed by atoms with Gasteiger partial charge in [-0.3, -0.25) is 0 Å². The first-order valence-corrected chi connectivity index (χ1v) is 10.4. The number of aryl methyl sites for hydroxylation is 2. The van der Waals surface area contributed by atoms with Crippen LogP contribution in [0, 0.1) is 13.8 Å². The number of hydrogen-bond donors (Lipinski definition) is 0. The molecule has 0 aliphatic rings. The predicted molar refractivity (Wildman–Crippen MR) is 112 cm³/mol. The van der Waals surface area contributed by atoms with Gasteiger partial charge >= 0.3 is 0 Å². The van der Waals surface area contributed by atoms with Crippen molar-refractivity contribution >= 4 is 35.0 Å². The molecule has 0 saturated heterocycles. The number of nitrogens with zero attached hydrogens (tertiary/aromatic N) is 3. The summed E-state index contributed by atoms with van der Waals surface area (Å²) in [6, 6.07) is 11.7. The fraction of sp³-hybridized carbons (Fsp3) is 0.300. The molecule has 0 atom stereocenters. The summed E-state index contributed by atoms with van der Waals surface area (Å²) in [6.45, 7) is 7.15. The summed E-state index contributed by atoms with van der Waals surface area (Å²) in [4.78, 5) is 0. The van der Waals surface area contributed by atoms with Gasteiger partial charge in [0.15, 0.2) is 11.0 Å². The highest BCUT2D eigenvalue weighted by atomic mass is 35.5. The molecule has 7 heteroatoms. The lowest BCUT2D eigenvalue weighted by Gasteiger charge is -2.11. The van der Waals surface area contributed by atoms with Crippen LogP contribution in [0.1, 0.15) is 29.4 Å². The maximum atomic E-state index is 6.24. The lowest BCUT2D eigenvalue weighted by molar-refractivity contribution is 0.288. The molecule has 0 bridgehead atoms. The Kier molecular flexibility index (Phi) is 6.68. The highest BCUT2D eigenvalue weighted by Gasteiger charge is 2.13. The van der Waals surface area contributed by atoms with Crippen molar-refractivity contribution in [2.75, 3.05) is 0 Å². The van der Waals surface area contributed by atoms with Gasteiger partial charge in [-0.1, -0.05) is 53.2 Å². The van der Waals surface area contributed by atoms with Gasteiger partial charge in [0.1, 0.15) is 12.4 Å². The zero-order valence-electron chi connectivity index (χ0n) is 15.5. The Morgan fingerprint density at radius 2 is 1.78 bits per heavy atom. The Morgan fingerprint density at radius 3 is 2.44 bits per heavy atom. The van der Waals surface area contributed by atoms with Crippen molar-refractivity contribution in [3.05, 3.63) is 69.0 Å². The van der Waals surface area contributed by atoms with E-state index in [4.69, 9.17) is 27.9 Å². The van der Waals surface area contributed by atoms with Crippen LogP contribution in [0.25, 0.3) is 0 Å². The van der Waals surface area contributed by atoms with Crippen LogP contribution < -0.4 is 4.74 Å². The van der Waals surface area contributed by atoms with E-state index >= 15 is 0 Å². The summed E-state index contributed by atoms with van der Waals surface area (Å²) in [5, 5.41) is 11.0. The Labute approximate surface area is 173 Å². The van der Waals surface area contributed by atoms with Crippen LogP contribution in [0.3, 0.4) is 0 Å². The van der Waals surface area contributed by atoms with Crippen LogP contribution in [0.15, 0.2) is 41.6 Å². The van der Waals surface area contributed by atoms with Gasteiger partial charge in [0.2, 0.25) is 0 Å². The van der Waals surface area contributed by atoms with Crippen molar-refractivity contribution in [2.45, 2.75) is 44.8 Å². The second-order valence-corrected chi connectivity index (χ2v) is 7.91. The summed E-state index contributed by atoms with van der Waals surface area (Å²) in [7, 11) is 0. The van der Waals surface area contributed by atoms with Gasteiger partial charge in [0, 0.05) is 22.3 Å². The number of rotatable bonds is 7. The van der Waals surface area contributed by atoms with Gasteiger partial charge in [-0.15, -0.1) is 10.2 Å². The third kappa shape index (κ3) is 4.78. The number of aromatic nitrogens is 3. The molecule has 2 aromatic carbocycles. The lowest BCUT2D eigenvalue weighted by atomic mass is 10.1. The second kappa shape index (κ2) is 9.00. The van der Waals surface area contributed by atoms with E-state index < -0.39 is 0 Å². The van der Waals surface area contributed by atoms with E-state index in [9.17, 15) is 0 Å². The number of thioether (sulfide) groups is 1. The first-order chi connectivity index (χ1) is 13.0. The Balaban J connectivity index is 1.69. The van der Waals surface area contributed by atoms with Crippen molar-refractivity contribution in [3.8, 4) is 5.75 Å². The molecule has 0 aliphatic heterocycles. The minimum absolute atomic E-state index is 0.355.